The molecule has 0 bridgehead atoms. The summed E-state index contributed by atoms with van der Waals surface area (Å²) < 4.78 is 28.9. The summed E-state index contributed by atoms with van der Waals surface area (Å²) in [5, 5.41) is 2.77. The van der Waals surface area contributed by atoms with E-state index in [1.54, 1.807) is 19.1 Å². The highest BCUT2D eigenvalue weighted by Gasteiger charge is 2.30. The Morgan fingerprint density at radius 2 is 1.40 bits per heavy atom. The summed E-state index contributed by atoms with van der Waals surface area (Å²) in [6.07, 6.45) is -0.634. The van der Waals surface area contributed by atoms with Crippen molar-refractivity contribution in [2.24, 2.45) is 0 Å². The average Bonchev–Trinajstić information content (AvgIpc) is 3.33. The fourth-order valence-electron chi connectivity index (χ4n) is 5.09. The van der Waals surface area contributed by atoms with Crippen LogP contribution in [-0.2, 0) is 36.4 Å². The van der Waals surface area contributed by atoms with E-state index in [-0.39, 0.29) is 37.5 Å². The number of hydrogen-bond donors (Lipinski definition) is 2. The molecule has 0 saturated carbocycles. The van der Waals surface area contributed by atoms with E-state index < -0.39 is 25.7 Å². The van der Waals surface area contributed by atoms with Crippen LogP contribution in [0.2, 0.25) is 0 Å². The molecule has 1 unspecified atom stereocenters. The first-order chi connectivity index (χ1) is 20.4. The van der Waals surface area contributed by atoms with Gasteiger partial charge in [0.05, 0.1) is 18.5 Å². The fourth-order valence-corrected chi connectivity index (χ4v) is 6.08. The third kappa shape index (κ3) is 6.80. The van der Waals surface area contributed by atoms with E-state index in [0.29, 0.717) is 5.56 Å². The van der Waals surface area contributed by atoms with Crippen molar-refractivity contribution < 1.29 is 33.0 Å². The predicted molar refractivity (Wildman–Crippen MR) is 159 cm³/mol. The Hall–Kier alpha value is -4.23. The quantitative estimate of drug-likeness (QED) is 0.171. The molecule has 1 aliphatic carbocycles. The molecule has 2 N–H and O–H groups in total. The molecule has 1 amide bonds. The van der Waals surface area contributed by atoms with Crippen LogP contribution in [-0.4, -0.2) is 36.2 Å². The molecule has 5 rings (SSSR count). The Balaban J connectivity index is 1.22. The van der Waals surface area contributed by atoms with Crippen molar-refractivity contribution in [1.29, 1.82) is 0 Å². The molecule has 0 heterocycles. The normalized spacial score (nSPS) is 14.2. The number of fused-ring (bicyclic) bond motifs is 3. The second-order valence-corrected chi connectivity index (χ2v) is 11.7. The Bertz CT molecular complexity index is 1540. The molecule has 8 nitrogen and oxygen atoms in total. The molecule has 0 saturated heterocycles. The van der Waals surface area contributed by atoms with Crippen molar-refractivity contribution in [2.75, 3.05) is 13.2 Å². The van der Waals surface area contributed by atoms with Gasteiger partial charge in [-0.1, -0.05) is 91.0 Å². The van der Waals surface area contributed by atoms with Gasteiger partial charge in [0.15, 0.2) is 0 Å². The molecular formula is C33H32NO7P. The maximum Gasteiger partial charge on any atom is 0.407 e. The first-order valence-corrected chi connectivity index (χ1v) is 15.3. The number of alkyl carbamates (subject to hydrolysis) is 1. The number of amides is 1. The zero-order valence-corrected chi connectivity index (χ0v) is 24.0. The highest BCUT2D eigenvalue weighted by molar-refractivity contribution is 7.61. The highest BCUT2D eigenvalue weighted by atomic mass is 31.2. The van der Waals surface area contributed by atoms with Gasteiger partial charge in [0.1, 0.15) is 12.6 Å². The minimum atomic E-state index is -4.06. The van der Waals surface area contributed by atoms with Gasteiger partial charge in [0, 0.05) is 12.3 Å². The zero-order valence-electron chi connectivity index (χ0n) is 23.1. The summed E-state index contributed by atoms with van der Waals surface area (Å²) in [6.45, 7) is 1.93. The summed E-state index contributed by atoms with van der Waals surface area (Å²) in [5.41, 5.74) is 5.84. The lowest BCUT2D eigenvalue weighted by Crippen LogP contribution is -2.44. The molecule has 0 aromatic heterocycles. The average molecular weight is 586 g/mol. The van der Waals surface area contributed by atoms with Gasteiger partial charge in [-0.05, 0) is 52.4 Å². The lowest BCUT2D eigenvalue weighted by Gasteiger charge is -2.19. The van der Waals surface area contributed by atoms with Crippen molar-refractivity contribution in [2.45, 2.75) is 31.9 Å². The Morgan fingerprint density at radius 1 is 0.810 bits per heavy atom. The molecule has 42 heavy (non-hydrogen) atoms. The molecule has 4 aromatic rings. The van der Waals surface area contributed by atoms with E-state index >= 15 is 0 Å². The SMILES string of the molecule is CCOC(=O)[C@H](Cc1ccc(P(=O)(O)OCc2ccccc2)cc1)NC(=O)OCC1c2ccccc2-c2ccccc21. The van der Waals surface area contributed by atoms with Gasteiger partial charge in [-0.3, -0.25) is 4.57 Å². The third-order valence-corrected chi connectivity index (χ3v) is 8.59. The summed E-state index contributed by atoms with van der Waals surface area (Å²) in [7, 11) is -4.06. The van der Waals surface area contributed by atoms with Crippen LogP contribution >= 0.6 is 7.60 Å². The van der Waals surface area contributed by atoms with Gasteiger partial charge in [-0.2, -0.15) is 0 Å². The van der Waals surface area contributed by atoms with Gasteiger partial charge < -0.3 is 24.2 Å². The lowest BCUT2D eigenvalue weighted by atomic mass is 9.98. The number of carbonyl (C=O) groups is 2. The molecule has 0 radical (unpaired) electrons. The van der Waals surface area contributed by atoms with Crippen molar-refractivity contribution in [3.63, 3.8) is 0 Å². The Kier molecular flexibility index (Phi) is 9.18. The number of nitrogens with one attached hydrogen (secondary N) is 1. The van der Waals surface area contributed by atoms with E-state index in [1.807, 2.05) is 66.7 Å². The molecule has 0 fully saturated rings. The van der Waals surface area contributed by atoms with Crippen molar-refractivity contribution >= 4 is 25.0 Å². The van der Waals surface area contributed by atoms with Crippen LogP contribution in [0, 0.1) is 0 Å². The number of rotatable bonds is 11. The first-order valence-electron chi connectivity index (χ1n) is 13.7. The van der Waals surface area contributed by atoms with E-state index in [0.717, 1.165) is 27.8 Å². The maximum absolute atomic E-state index is 12.9. The van der Waals surface area contributed by atoms with Crippen LogP contribution in [0.4, 0.5) is 4.79 Å². The van der Waals surface area contributed by atoms with E-state index in [2.05, 4.69) is 17.4 Å². The number of hydrogen-bond acceptors (Lipinski definition) is 6. The molecule has 216 valence electrons. The largest absolute Gasteiger partial charge is 0.464 e. The van der Waals surface area contributed by atoms with Crippen LogP contribution < -0.4 is 10.6 Å². The fraction of sp³-hybridized carbons (Fsp3) is 0.212. The molecular weight excluding hydrogens is 553 g/mol. The topological polar surface area (TPSA) is 111 Å². The summed E-state index contributed by atoms with van der Waals surface area (Å²) in [5.74, 6) is -0.718. The van der Waals surface area contributed by atoms with Crippen LogP contribution in [0.5, 0.6) is 0 Å². The van der Waals surface area contributed by atoms with Crippen molar-refractivity contribution in [3.05, 3.63) is 125 Å². The smallest absolute Gasteiger partial charge is 0.407 e. The molecule has 0 aliphatic heterocycles. The number of carbonyl (C=O) groups excluding carboxylic acids is 2. The highest BCUT2D eigenvalue weighted by Crippen LogP contribution is 2.44. The standard InChI is InChI=1S/C33H32NO7P/c1-2-39-32(35)31(20-23-16-18-25(19-17-23)42(37,38)41-21-24-10-4-3-5-11-24)34-33(36)40-22-30-28-14-8-6-12-26(28)27-13-7-9-15-29(27)30/h3-19,30-31H,2,20-22H2,1H3,(H,34,36)(H,37,38)/t31-/m0/s1. The minimum Gasteiger partial charge on any atom is -0.464 e. The van der Waals surface area contributed by atoms with Gasteiger partial charge in [0.25, 0.3) is 0 Å². The molecule has 4 aromatic carbocycles. The van der Waals surface area contributed by atoms with Crippen LogP contribution in [0.3, 0.4) is 0 Å². The summed E-state index contributed by atoms with van der Waals surface area (Å²) >= 11 is 0. The van der Waals surface area contributed by atoms with E-state index in [4.69, 9.17) is 14.0 Å². The third-order valence-electron chi connectivity index (χ3n) is 7.16. The predicted octanol–water partition coefficient (Wildman–Crippen LogP) is 5.73. The second-order valence-electron chi connectivity index (χ2n) is 9.92. The van der Waals surface area contributed by atoms with Gasteiger partial charge >= 0.3 is 19.7 Å². The summed E-state index contributed by atoms with van der Waals surface area (Å²) in [6, 6.07) is 30.4. The first kappa shape index (κ1) is 29.3. The van der Waals surface area contributed by atoms with Crippen molar-refractivity contribution in [3.8, 4) is 11.1 Å². The maximum atomic E-state index is 12.9. The molecule has 1 aliphatic rings. The number of esters is 1. The lowest BCUT2D eigenvalue weighted by molar-refractivity contribution is -0.145. The summed E-state index contributed by atoms with van der Waals surface area (Å²) in [4.78, 5) is 36.1. The molecule has 2 atom stereocenters. The Labute approximate surface area is 244 Å². The Morgan fingerprint density at radius 3 is 2.02 bits per heavy atom. The minimum absolute atomic E-state index is 0.00857. The number of benzene rings is 4. The van der Waals surface area contributed by atoms with Crippen LogP contribution in [0.1, 0.15) is 35.1 Å². The van der Waals surface area contributed by atoms with Crippen molar-refractivity contribution in [1.82, 2.24) is 5.32 Å². The monoisotopic (exact) mass is 585 g/mol. The van der Waals surface area contributed by atoms with Crippen LogP contribution in [0.15, 0.2) is 103 Å². The van der Waals surface area contributed by atoms with E-state index in [1.165, 1.54) is 12.1 Å². The van der Waals surface area contributed by atoms with Gasteiger partial charge in [0.2, 0.25) is 0 Å². The zero-order chi connectivity index (χ0) is 29.5. The van der Waals surface area contributed by atoms with E-state index in [9.17, 15) is 19.0 Å². The van der Waals surface area contributed by atoms with Gasteiger partial charge in [-0.25, -0.2) is 9.59 Å². The molecule has 0 spiro atoms. The number of ether oxygens (including phenoxy) is 2. The second kappa shape index (κ2) is 13.2. The van der Waals surface area contributed by atoms with Gasteiger partial charge in [-0.15, -0.1) is 0 Å². The van der Waals surface area contributed by atoms with Crippen LogP contribution in [0.25, 0.3) is 11.1 Å². The molecule has 9 heteroatoms.